The minimum Gasteiger partial charge on any atom is -0.393 e. The van der Waals surface area contributed by atoms with Crippen molar-refractivity contribution < 1.29 is 14.7 Å². The van der Waals surface area contributed by atoms with Gasteiger partial charge in [-0.05, 0) is 24.7 Å². The summed E-state index contributed by atoms with van der Waals surface area (Å²) in [6, 6.07) is 0. The Bertz CT molecular complexity index is 416. The summed E-state index contributed by atoms with van der Waals surface area (Å²) in [4.78, 5) is 23.4. The number of aliphatic hydroxyl groups is 1. The molecule has 1 aliphatic carbocycles. The average Bonchev–Trinajstić information content (AvgIpc) is 2.41. The molecule has 126 valence electrons. The monoisotopic (exact) mass is 310 g/mol. The molecule has 0 heterocycles. The molecule has 1 atom stereocenters. The van der Waals surface area contributed by atoms with Crippen LogP contribution < -0.4 is 10.9 Å². The molecule has 1 aliphatic rings. The minimum absolute atomic E-state index is 0.0750. The quantitative estimate of drug-likeness (QED) is 0.452. The molecule has 0 radical (unpaired) electrons. The lowest BCUT2D eigenvalue weighted by molar-refractivity contribution is -0.123. The summed E-state index contributed by atoms with van der Waals surface area (Å²) in [5.74, 6) is -0.0781. The first-order chi connectivity index (χ1) is 10.3. The molecule has 0 aromatic heterocycles. The van der Waals surface area contributed by atoms with E-state index in [1.165, 1.54) is 0 Å². The van der Waals surface area contributed by atoms with Crippen LogP contribution in [-0.4, -0.2) is 22.9 Å². The smallest absolute Gasteiger partial charge is 0.238 e. The second-order valence-corrected chi connectivity index (χ2v) is 7.02. The highest BCUT2D eigenvalue weighted by molar-refractivity contribution is 5.91. The summed E-state index contributed by atoms with van der Waals surface area (Å²) in [5, 5.41) is 9.79. The van der Waals surface area contributed by atoms with E-state index in [1.807, 2.05) is 13.8 Å². The van der Waals surface area contributed by atoms with E-state index in [2.05, 4.69) is 17.8 Å². The molecule has 0 unspecified atom stereocenters. The van der Waals surface area contributed by atoms with Crippen molar-refractivity contribution in [3.63, 3.8) is 0 Å². The lowest BCUT2D eigenvalue weighted by Gasteiger charge is -2.29. The molecule has 1 amide bonds. The van der Waals surface area contributed by atoms with Crippen LogP contribution in [-0.2, 0) is 9.59 Å². The number of aliphatic hydroxyl groups excluding tert-OH is 1. The molecule has 0 aliphatic heterocycles. The fourth-order valence-corrected chi connectivity index (χ4v) is 2.71. The third-order valence-corrected chi connectivity index (χ3v) is 3.87. The molecule has 0 saturated carbocycles. The maximum atomic E-state index is 11.8. The van der Waals surface area contributed by atoms with E-state index >= 15 is 0 Å². The van der Waals surface area contributed by atoms with E-state index < -0.39 is 6.10 Å². The highest BCUT2D eigenvalue weighted by Gasteiger charge is 2.27. The number of nitrogens with one attached hydrogen (secondary N) is 2. The van der Waals surface area contributed by atoms with E-state index in [0.717, 1.165) is 37.8 Å². The van der Waals surface area contributed by atoms with E-state index in [9.17, 15) is 14.7 Å². The van der Waals surface area contributed by atoms with Gasteiger partial charge in [-0.15, -0.1) is 0 Å². The number of rotatable bonds is 9. The zero-order valence-electron chi connectivity index (χ0n) is 14.1. The molecule has 0 fully saturated rings. The van der Waals surface area contributed by atoms with Crippen LogP contribution in [0.3, 0.4) is 0 Å². The van der Waals surface area contributed by atoms with Gasteiger partial charge in [-0.3, -0.25) is 15.0 Å². The molecular weight excluding hydrogens is 280 g/mol. The van der Waals surface area contributed by atoms with Crippen molar-refractivity contribution in [2.45, 2.75) is 78.2 Å². The Balaban J connectivity index is 2.24. The third kappa shape index (κ3) is 7.59. The second kappa shape index (κ2) is 8.93. The predicted octanol–water partition coefficient (Wildman–Crippen LogP) is 2.60. The maximum absolute atomic E-state index is 11.8. The minimum atomic E-state index is -0.410. The van der Waals surface area contributed by atoms with Crippen LogP contribution in [0.15, 0.2) is 11.8 Å². The molecule has 5 nitrogen and oxygen atoms in total. The predicted molar refractivity (Wildman–Crippen MR) is 86.8 cm³/mol. The lowest BCUT2D eigenvalue weighted by atomic mass is 9.79. The summed E-state index contributed by atoms with van der Waals surface area (Å²) in [7, 11) is 0. The molecule has 0 aromatic rings. The van der Waals surface area contributed by atoms with Crippen molar-refractivity contribution in [3.05, 3.63) is 11.8 Å². The van der Waals surface area contributed by atoms with Crippen LogP contribution >= 0.6 is 0 Å². The number of ketones is 1. The van der Waals surface area contributed by atoms with Crippen LogP contribution in [0.2, 0.25) is 0 Å². The maximum Gasteiger partial charge on any atom is 0.238 e. The van der Waals surface area contributed by atoms with Gasteiger partial charge >= 0.3 is 0 Å². The molecule has 0 saturated heterocycles. The van der Waals surface area contributed by atoms with Gasteiger partial charge in [-0.25, -0.2) is 0 Å². The lowest BCUT2D eigenvalue weighted by Crippen LogP contribution is -2.40. The third-order valence-electron chi connectivity index (χ3n) is 3.87. The number of hydrogen-bond acceptors (Lipinski definition) is 4. The summed E-state index contributed by atoms with van der Waals surface area (Å²) in [5.41, 5.74) is 6.13. The molecule has 0 bridgehead atoms. The van der Waals surface area contributed by atoms with Crippen LogP contribution in [0.25, 0.3) is 0 Å². The van der Waals surface area contributed by atoms with Crippen LogP contribution in [0.5, 0.6) is 0 Å². The number of carbonyl (C=O) groups is 2. The Morgan fingerprint density at radius 3 is 2.68 bits per heavy atom. The SMILES string of the molecule is CCCCC[C@@H](O)CCC(=O)NNC1=CC(=O)CC(C)(C)C1. The van der Waals surface area contributed by atoms with Gasteiger partial charge in [0.25, 0.3) is 0 Å². The van der Waals surface area contributed by atoms with Gasteiger partial charge in [0.15, 0.2) is 5.78 Å². The Kier molecular flexibility index (Phi) is 7.59. The molecule has 0 aromatic carbocycles. The van der Waals surface area contributed by atoms with Crippen molar-refractivity contribution in [3.8, 4) is 0 Å². The topological polar surface area (TPSA) is 78.4 Å². The number of unbranched alkanes of at least 4 members (excludes halogenated alkanes) is 2. The fourth-order valence-electron chi connectivity index (χ4n) is 2.71. The normalized spacial score (nSPS) is 18.5. The Labute approximate surface area is 133 Å². The second-order valence-electron chi connectivity index (χ2n) is 7.02. The fraction of sp³-hybridized carbons (Fsp3) is 0.765. The van der Waals surface area contributed by atoms with Gasteiger partial charge in [0, 0.05) is 24.6 Å². The van der Waals surface area contributed by atoms with Gasteiger partial charge in [0.2, 0.25) is 5.91 Å². The molecule has 5 heteroatoms. The molecule has 22 heavy (non-hydrogen) atoms. The van der Waals surface area contributed by atoms with Crippen LogP contribution in [0, 0.1) is 5.41 Å². The van der Waals surface area contributed by atoms with Crippen LogP contribution in [0.4, 0.5) is 0 Å². The summed E-state index contributed by atoms with van der Waals surface area (Å²) in [6.07, 6.45) is 7.17. The number of allylic oxidation sites excluding steroid dienone is 2. The Hall–Kier alpha value is -1.36. The van der Waals surface area contributed by atoms with Gasteiger partial charge < -0.3 is 10.5 Å². The summed E-state index contributed by atoms with van der Waals surface area (Å²) >= 11 is 0. The average molecular weight is 310 g/mol. The van der Waals surface area contributed by atoms with Crippen molar-refractivity contribution in [2.24, 2.45) is 5.41 Å². The molecule has 0 spiro atoms. The van der Waals surface area contributed by atoms with Gasteiger partial charge in [-0.2, -0.15) is 0 Å². The van der Waals surface area contributed by atoms with Crippen molar-refractivity contribution in [2.75, 3.05) is 0 Å². The largest absolute Gasteiger partial charge is 0.393 e. The van der Waals surface area contributed by atoms with Gasteiger partial charge in [0.1, 0.15) is 0 Å². The number of carbonyl (C=O) groups excluding carboxylic acids is 2. The molecule has 3 N–H and O–H groups in total. The van der Waals surface area contributed by atoms with Crippen molar-refractivity contribution in [1.82, 2.24) is 10.9 Å². The summed E-state index contributed by atoms with van der Waals surface area (Å²) < 4.78 is 0. The highest BCUT2D eigenvalue weighted by Crippen LogP contribution is 2.32. The van der Waals surface area contributed by atoms with E-state index in [4.69, 9.17) is 0 Å². The number of hydrogen-bond donors (Lipinski definition) is 3. The molecular formula is C17H30N2O3. The van der Waals surface area contributed by atoms with Crippen LogP contribution in [0.1, 0.15) is 72.1 Å². The summed E-state index contributed by atoms with van der Waals surface area (Å²) in [6.45, 7) is 6.19. The van der Waals surface area contributed by atoms with Crippen molar-refractivity contribution in [1.29, 1.82) is 0 Å². The first kappa shape index (κ1) is 18.7. The first-order valence-electron chi connectivity index (χ1n) is 8.29. The molecule has 1 rings (SSSR count). The van der Waals surface area contributed by atoms with E-state index in [0.29, 0.717) is 12.8 Å². The number of hydrazine groups is 1. The van der Waals surface area contributed by atoms with E-state index in [-0.39, 0.29) is 23.5 Å². The van der Waals surface area contributed by atoms with Gasteiger partial charge in [0.05, 0.1) is 6.10 Å². The first-order valence-corrected chi connectivity index (χ1v) is 8.29. The van der Waals surface area contributed by atoms with Crippen molar-refractivity contribution >= 4 is 11.7 Å². The van der Waals surface area contributed by atoms with Gasteiger partial charge in [-0.1, -0.05) is 40.0 Å². The standard InChI is InChI=1S/C17H30N2O3/c1-4-5-6-7-14(20)8-9-16(22)19-18-13-10-15(21)12-17(2,3)11-13/h10,14,18,20H,4-9,11-12H2,1-3H3,(H,19,22)/t14-/m1/s1. The zero-order chi connectivity index (χ0) is 16.6. The zero-order valence-corrected chi connectivity index (χ0v) is 14.1. The Morgan fingerprint density at radius 2 is 2.05 bits per heavy atom. The Morgan fingerprint density at radius 1 is 1.32 bits per heavy atom. The van der Waals surface area contributed by atoms with E-state index in [1.54, 1.807) is 6.08 Å². The highest BCUT2D eigenvalue weighted by atomic mass is 16.3. The number of amides is 1.